The molecule has 0 saturated heterocycles. The van der Waals surface area contributed by atoms with Gasteiger partial charge in [0.15, 0.2) is 15.1 Å². The number of benzene rings is 2. The fourth-order valence-electron chi connectivity index (χ4n) is 5.56. The molecule has 1 aliphatic heterocycles. The van der Waals surface area contributed by atoms with E-state index in [4.69, 9.17) is 14.1 Å². The van der Waals surface area contributed by atoms with Crippen LogP contribution in [0.15, 0.2) is 109 Å². The van der Waals surface area contributed by atoms with Crippen molar-refractivity contribution in [1.29, 1.82) is 0 Å². The summed E-state index contributed by atoms with van der Waals surface area (Å²) in [5.74, 6) is 0.0697. The average molecular weight is 719 g/mol. The largest absolute Gasteiger partial charge is 0.463 e. The molecule has 13 heteroatoms. The van der Waals surface area contributed by atoms with Gasteiger partial charge in [-0.05, 0) is 60.4 Å². The first kappa shape index (κ1) is 35.1. The molecule has 0 bridgehead atoms. The summed E-state index contributed by atoms with van der Waals surface area (Å²) in [6, 6.07) is 19.7. The van der Waals surface area contributed by atoms with E-state index in [1.807, 2.05) is 31.2 Å². The molecule has 0 saturated carbocycles. The lowest BCUT2D eigenvalue weighted by atomic mass is 9.92. The van der Waals surface area contributed by atoms with Gasteiger partial charge >= 0.3 is 12.1 Å². The molecule has 0 spiro atoms. The Morgan fingerprint density at radius 2 is 1.80 bits per heavy atom. The Labute approximate surface area is 294 Å². The van der Waals surface area contributed by atoms with Gasteiger partial charge in [0.2, 0.25) is 0 Å². The van der Waals surface area contributed by atoms with Crippen LogP contribution in [0, 0.1) is 0 Å². The third-order valence-corrected chi connectivity index (χ3v) is 9.71. The second-order valence-corrected chi connectivity index (χ2v) is 13.8. The van der Waals surface area contributed by atoms with Crippen LogP contribution in [0.2, 0.25) is 0 Å². The van der Waals surface area contributed by atoms with Crippen molar-refractivity contribution in [3.8, 4) is 11.3 Å². The number of ether oxygens (including phenoxy) is 1. The molecule has 3 aromatic heterocycles. The minimum atomic E-state index is -4.68. The molecule has 258 valence electrons. The fraction of sp³-hybridized carbons (Fsp3) is 0.270. The highest BCUT2D eigenvalue weighted by molar-refractivity contribution is 7.99. The molecule has 50 heavy (non-hydrogen) atoms. The Bertz CT molecular complexity index is 2240. The highest BCUT2D eigenvalue weighted by Crippen LogP contribution is 2.35. The van der Waals surface area contributed by atoms with Crippen molar-refractivity contribution in [3.63, 3.8) is 0 Å². The van der Waals surface area contributed by atoms with Crippen molar-refractivity contribution in [2.45, 2.75) is 68.9 Å². The van der Waals surface area contributed by atoms with E-state index >= 15 is 0 Å². The summed E-state index contributed by atoms with van der Waals surface area (Å²) in [6.45, 7) is 8.08. The first-order valence-electron chi connectivity index (χ1n) is 16.1. The predicted octanol–water partition coefficient (Wildman–Crippen LogP) is 7.92. The highest BCUT2D eigenvalue weighted by atomic mass is 32.2. The number of hydrogen-bond donors (Lipinski definition) is 0. The van der Waals surface area contributed by atoms with E-state index in [-0.39, 0.29) is 28.1 Å². The number of halogens is 3. The molecule has 5 aromatic rings. The van der Waals surface area contributed by atoms with Gasteiger partial charge in [0.1, 0.15) is 11.5 Å². The van der Waals surface area contributed by atoms with Crippen molar-refractivity contribution in [2.24, 2.45) is 4.99 Å². The summed E-state index contributed by atoms with van der Waals surface area (Å²) in [4.78, 5) is 40.8. The SMILES string of the molecule is CCCC1=C(C(=O)OCC)[C@H](c2ccc(C(C)C)cc2)n2c(s/c(=C/c3ccc(Sc4nc(-c5ccccc5)cc(C(F)(F)F)n4)o3)c2=O)=N1. The monoisotopic (exact) mass is 718 g/mol. The van der Waals surface area contributed by atoms with Gasteiger partial charge in [0, 0.05) is 11.6 Å². The molecule has 1 atom stereocenters. The Morgan fingerprint density at radius 1 is 1.06 bits per heavy atom. The average Bonchev–Trinajstić information content (AvgIpc) is 3.66. The molecule has 8 nitrogen and oxygen atoms in total. The number of aromatic nitrogens is 3. The van der Waals surface area contributed by atoms with Gasteiger partial charge in [-0.3, -0.25) is 9.36 Å². The second kappa shape index (κ2) is 14.6. The number of furan rings is 1. The van der Waals surface area contributed by atoms with Crippen LogP contribution in [0.3, 0.4) is 0 Å². The van der Waals surface area contributed by atoms with E-state index < -0.39 is 23.9 Å². The van der Waals surface area contributed by atoms with Crippen LogP contribution in [0.25, 0.3) is 17.3 Å². The van der Waals surface area contributed by atoms with Crippen LogP contribution in [-0.4, -0.2) is 27.1 Å². The lowest BCUT2D eigenvalue weighted by Gasteiger charge is -2.26. The Balaban J connectivity index is 1.40. The number of fused-ring (bicyclic) bond motifs is 1. The number of alkyl halides is 3. The van der Waals surface area contributed by atoms with Crippen molar-refractivity contribution in [2.75, 3.05) is 6.61 Å². The maximum Gasteiger partial charge on any atom is 0.433 e. The molecule has 2 aromatic carbocycles. The minimum absolute atomic E-state index is 0.126. The quantitative estimate of drug-likeness (QED) is 0.107. The van der Waals surface area contributed by atoms with Crippen molar-refractivity contribution in [1.82, 2.24) is 14.5 Å². The van der Waals surface area contributed by atoms with E-state index in [9.17, 15) is 22.8 Å². The molecular weight excluding hydrogens is 686 g/mol. The topological polar surface area (TPSA) is 99.6 Å². The van der Waals surface area contributed by atoms with E-state index in [2.05, 4.69) is 23.8 Å². The summed E-state index contributed by atoms with van der Waals surface area (Å²) < 4.78 is 54.5. The van der Waals surface area contributed by atoms with Gasteiger partial charge in [-0.1, -0.05) is 93.1 Å². The van der Waals surface area contributed by atoms with Crippen LogP contribution in [0.5, 0.6) is 0 Å². The van der Waals surface area contributed by atoms with E-state index in [0.29, 0.717) is 44.3 Å². The van der Waals surface area contributed by atoms with Crippen LogP contribution < -0.4 is 14.9 Å². The van der Waals surface area contributed by atoms with Gasteiger partial charge < -0.3 is 9.15 Å². The molecular formula is C37H33F3N4O4S2. The number of nitrogens with zero attached hydrogens (tertiary/aromatic N) is 4. The van der Waals surface area contributed by atoms with Crippen LogP contribution in [0.4, 0.5) is 13.2 Å². The summed E-state index contributed by atoms with van der Waals surface area (Å²) in [6.07, 6.45) is -1.88. The van der Waals surface area contributed by atoms with E-state index in [1.54, 1.807) is 55.5 Å². The van der Waals surface area contributed by atoms with Crippen molar-refractivity contribution < 1.29 is 27.1 Å². The number of esters is 1. The molecule has 0 radical (unpaired) electrons. The zero-order chi connectivity index (χ0) is 35.6. The summed E-state index contributed by atoms with van der Waals surface area (Å²) >= 11 is 2.00. The lowest BCUT2D eigenvalue weighted by Crippen LogP contribution is -2.40. The standard InChI is InChI=1S/C37H33F3N4O4S2/c1-5-10-26-31(34(46)47-6-2)32(24-15-13-22(14-16-24)21(3)4)44-33(45)28(49-36(44)42-26)19-25-17-18-30(48-25)50-35-41-27(23-11-8-7-9-12-23)20-29(43-35)37(38,39)40/h7-9,11-21,32H,5-6,10H2,1-4H3/b28-19+/t32-/m0/s1. The molecule has 0 aliphatic carbocycles. The minimum Gasteiger partial charge on any atom is -0.463 e. The van der Waals surface area contributed by atoms with Crippen LogP contribution in [-0.2, 0) is 15.7 Å². The van der Waals surface area contributed by atoms with Gasteiger partial charge in [-0.15, -0.1) is 0 Å². The summed E-state index contributed by atoms with van der Waals surface area (Å²) in [7, 11) is 0. The van der Waals surface area contributed by atoms with E-state index in [0.717, 1.165) is 46.7 Å². The number of carbonyl (C=O) groups is 1. The molecule has 0 unspecified atom stereocenters. The number of rotatable bonds is 10. The molecule has 0 fully saturated rings. The molecule has 6 rings (SSSR count). The first-order valence-corrected chi connectivity index (χ1v) is 17.7. The smallest absolute Gasteiger partial charge is 0.433 e. The Hall–Kier alpha value is -4.75. The zero-order valence-electron chi connectivity index (χ0n) is 27.7. The number of hydrogen-bond acceptors (Lipinski definition) is 9. The number of thiazole rings is 1. The second-order valence-electron chi connectivity index (χ2n) is 11.8. The molecule has 0 N–H and O–H groups in total. The van der Waals surface area contributed by atoms with Gasteiger partial charge in [0.05, 0.1) is 34.1 Å². The number of allylic oxidation sites excluding steroid dienone is 1. The lowest BCUT2D eigenvalue weighted by molar-refractivity contribution is -0.141. The Morgan fingerprint density at radius 3 is 2.46 bits per heavy atom. The normalized spacial score (nSPS) is 15.0. The van der Waals surface area contributed by atoms with Gasteiger partial charge in [-0.25, -0.2) is 19.8 Å². The Kier molecular flexibility index (Phi) is 10.3. The third kappa shape index (κ3) is 7.38. The molecule has 4 heterocycles. The van der Waals surface area contributed by atoms with Gasteiger partial charge in [0.25, 0.3) is 5.56 Å². The molecule has 0 amide bonds. The van der Waals surface area contributed by atoms with Crippen LogP contribution >= 0.6 is 23.1 Å². The summed E-state index contributed by atoms with van der Waals surface area (Å²) in [5.41, 5.74) is 1.97. The highest BCUT2D eigenvalue weighted by Gasteiger charge is 2.35. The maximum atomic E-state index is 14.1. The number of carbonyl (C=O) groups excluding carboxylic acids is 1. The van der Waals surface area contributed by atoms with Crippen LogP contribution in [0.1, 0.15) is 75.1 Å². The maximum absolute atomic E-state index is 14.1. The van der Waals surface area contributed by atoms with Crippen molar-refractivity contribution >= 4 is 35.1 Å². The van der Waals surface area contributed by atoms with E-state index in [1.165, 1.54) is 4.57 Å². The predicted molar refractivity (Wildman–Crippen MR) is 185 cm³/mol. The molecule has 1 aliphatic rings. The van der Waals surface area contributed by atoms with Crippen molar-refractivity contribution in [3.05, 3.63) is 126 Å². The summed E-state index contributed by atoms with van der Waals surface area (Å²) in [5, 5.41) is 0.0951. The third-order valence-electron chi connectivity index (χ3n) is 7.94. The van der Waals surface area contributed by atoms with Gasteiger partial charge in [-0.2, -0.15) is 13.2 Å². The zero-order valence-corrected chi connectivity index (χ0v) is 29.3. The first-order chi connectivity index (χ1) is 24.0. The fourth-order valence-corrected chi connectivity index (χ4v) is 7.30.